The third kappa shape index (κ3) is 5.27. The fourth-order valence-corrected chi connectivity index (χ4v) is 5.25. The Bertz CT molecular complexity index is 1530. The number of benzene rings is 2. The van der Waals surface area contributed by atoms with E-state index in [-0.39, 0.29) is 12.2 Å². The van der Waals surface area contributed by atoms with Crippen LogP contribution in [0.3, 0.4) is 0 Å². The molecule has 9 heteroatoms. The molecule has 1 aliphatic rings. The molecule has 2 aromatic carbocycles. The molecule has 0 saturated heterocycles. The number of hydrogen-bond acceptors (Lipinski definition) is 8. The first kappa shape index (κ1) is 26.1. The molecule has 1 atom stereocenters. The number of methoxy groups -OCH3 is 2. The Balaban J connectivity index is 1.93. The van der Waals surface area contributed by atoms with E-state index < -0.39 is 18.0 Å². The van der Waals surface area contributed by atoms with Gasteiger partial charge in [-0.2, -0.15) is 0 Å². The highest BCUT2D eigenvalue weighted by Crippen LogP contribution is 2.33. The van der Waals surface area contributed by atoms with Gasteiger partial charge in [-0.05, 0) is 54.8 Å². The Hall–Kier alpha value is -3.98. The highest BCUT2D eigenvalue weighted by molar-refractivity contribution is 7.07. The highest BCUT2D eigenvalue weighted by atomic mass is 32.1. The van der Waals surface area contributed by atoms with Crippen molar-refractivity contribution in [2.24, 2.45) is 4.99 Å². The molecule has 37 heavy (non-hydrogen) atoms. The predicted molar refractivity (Wildman–Crippen MR) is 140 cm³/mol. The van der Waals surface area contributed by atoms with Gasteiger partial charge >= 0.3 is 11.9 Å². The third-order valence-electron chi connectivity index (χ3n) is 5.93. The number of aromatic nitrogens is 1. The molecule has 192 valence electrons. The first-order valence-electron chi connectivity index (χ1n) is 12.0. The molecule has 0 amide bonds. The van der Waals surface area contributed by atoms with Gasteiger partial charge in [0.2, 0.25) is 0 Å². The van der Waals surface area contributed by atoms with Crippen molar-refractivity contribution in [3.05, 3.63) is 96.2 Å². The highest BCUT2D eigenvalue weighted by Gasteiger charge is 2.34. The van der Waals surface area contributed by atoms with Gasteiger partial charge in [0.15, 0.2) is 4.80 Å². The SMILES string of the molecule is CCCC1=C(C(=O)OCC)C(c2cccc(OC)c2)n2c(sc(=Cc3ccc(C(=O)OC)cc3)c2=O)=N1. The summed E-state index contributed by atoms with van der Waals surface area (Å²) in [7, 11) is 2.90. The molecule has 4 rings (SSSR count). The molecule has 0 bridgehead atoms. The summed E-state index contributed by atoms with van der Waals surface area (Å²) in [6.45, 7) is 3.97. The Kier molecular flexibility index (Phi) is 8.03. The minimum absolute atomic E-state index is 0.207. The summed E-state index contributed by atoms with van der Waals surface area (Å²) < 4.78 is 17.6. The Morgan fingerprint density at radius 2 is 1.84 bits per heavy atom. The number of rotatable bonds is 8. The van der Waals surface area contributed by atoms with Crippen LogP contribution in [0.1, 0.15) is 54.2 Å². The Labute approximate surface area is 218 Å². The second-order valence-electron chi connectivity index (χ2n) is 8.30. The van der Waals surface area contributed by atoms with Crippen LogP contribution in [-0.4, -0.2) is 37.3 Å². The molecule has 2 heterocycles. The topological polar surface area (TPSA) is 96.2 Å². The standard InChI is InChI=1S/C28H28N2O6S/c1-5-8-21-23(27(33)36-6-2)24(19-9-7-10-20(16-19)34-3)30-25(31)22(37-28(30)29-21)15-17-11-13-18(14-12-17)26(32)35-4/h7,9-16,24H,5-6,8H2,1-4H3. The number of esters is 2. The molecule has 0 spiro atoms. The molecular weight excluding hydrogens is 492 g/mol. The fourth-order valence-electron chi connectivity index (χ4n) is 4.23. The van der Waals surface area contributed by atoms with Crippen LogP contribution in [0.4, 0.5) is 0 Å². The molecule has 8 nitrogen and oxygen atoms in total. The van der Waals surface area contributed by atoms with Crippen LogP contribution < -0.4 is 19.6 Å². The van der Waals surface area contributed by atoms with E-state index in [0.29, 0.717) is 38.3 Å². The van der Waals surface area contributed by atoms with E-state index in [4.69, 9.17) is 19.2 Å². The zero-order valence-electron chi connectivity index (χ0n) is 21.1. The maximum Gasteiger partial charge on any atom is 0.338 e. The van der Waals surface area contributed by atoms with Crippen LogP contribution >= 0.6 is 11.3 Å². The van der Waals surface area contributed by atoms with Gasteiger partial charge in [-0.3, -0.25) is 9.36 Å². The van der Waals surface area contributed by atoms with Crippen molar-refractivity contribution in [1.29, 1.82) is 0 Å². The van der Waals surface area contributed by atoms with E-state index in [1.54, 1.807) is 48.9 Å². The smallest absolute Gasteiger partial charge is 0.338 e. The summed E-state index contributed by atoms with van der Waals surface area (Å²) in [5.41, 5.74) is 2.59. The van der Waals surface area contributed by atoms with Crippen LogP contribution in [0.15, 0.2) is 69.6 Å². The predicted octanol–water partition coefficient (Wildman–Crippen LogP) is 3.37. The molecule has 0 fully saturated rings. The van der Waals surface area contributed by atoms with Gasteiger partial charge in [-0.15, -0.1) is 0 Å². The van der Waals surface area contributed by atoms with Crippen molar-refractivity contribution in [2.45, 2.75) is 32.7 Å². The van der Waals surface area contributed by atoms with E-state index in [2.05, 4.69) is 0 Å². The van der Waals surface area contributed by atoms with Crippen molar-refractivity contribution in [1.82, 2.24) is 4.57 Å². The van der Waals surface area contributed by atoms with Crippen molar-refractivity contribution < 1.29 is 23.8 Å². The van der Waals surface area contributed by atoms with Gasteiger partial charge < -0.3 is 14.2 Å². The number of carbonyl (C=O) groups excluding carboxylic acids is 2. The second-order valence-corrected chi connectivity index (χ2v) is 9.31. The zero-order chi connectivity index (χ0) is 26.5. The van der Waals surface area contributed by atoms with E-state index in [1.807, 2.05) is 31.2 Å². The van der Waals surface area contributed by atoms with E-state index in [0.717, 1.165) is 17.5 Å². The number of thiazole rings is 1. The molecule has 0 aliphatic carbocycles. The van der Waals surface area contributed by atoms with Crippen molar-refractivity contribution >= 4 is 29.4 Å². The number of allylic oxidation sites excluding steroid dienone is 1. The average Bonchev–Trinajstić information content (AvgIpc) is 3.22. The minimum Gasteiger partial charge on any atom is -0.497 e. The lowest BCUT2D eigenvalue weighted by Crippen LogP contribution is -2.40. The summed E-state index contributed by atoms with van der Waals surface area (Å²) in [5, 5.41) is 0. The largest absolute Gasteiger partial charge is 0.497 e. The second kappa shape index (κ2) is 11.4. The maximum absolute atomic E-state index is 13.8. The van der Waals surface area contributed by atoms with Crippen molar-refractivity contribution in [3.63, 3.8) is 0 Å². The quantitative estimate of drug-likeness (QED) is 0.423. The van der Waals surface area contributed by atoms with E-state index >= 15 is 0 Å². The van der Waals surface area contributed by atoms with Crippen molar-refractivity contribution in [3.8, 4) is 5.75 Å². The maximum atomic E-state index is 13.8. The Morgan fingerprint density at radius 1 is 1.08 bits per heavy atom. The van der Waals surface area contributed by atoms with E-state index in [9.17, 15) is 14.4 Å². The summed E-state index contributed by atoms with van der Waals surface area (Å²) in [4.78, 5) is 44.0. The van der Waals surface area contributed by atoms with Gasteiger partial charge in [-0.1, -0.05) is 48.9 Å². The summed E-state index contributed by atoms with van der Waals surface area (Å²) in [6, 6.07) is 13.4. The van der Waals surface area contributed by atoms with Gasteiger partial charge in [0.25, 0.3) is 5.56 Å². The van der Waals surface area contributed by atoms with Crippen LogP contribution in [0.2, 0.25) is 0 Å². The number of nitrogens with zero attached hydrogens (tertiary/aromatic N) is 2. The lowest BCUT2D eigenvalue weighted by molar-refractivity contribution is -0.139. The number of carbonyl (C=O) groups is 2. The van der Waals surface area contributed by atoms with Gasteiger partial charge in [0.1, 0.15) is 5.75 Å². The minimum atomic E-state index is -0.712. The molecule has 0 N–H and O–H groups in total. The number of ether oxygens (including phenoxy) is 3. The monoisotopic (exact) mass is 520 g/mol. The normalized spacial score (nSPS) is 15.1. The van der Waals surface area contributed by atoms with Crippen LogP contribution in [0.5, 0.6) is 5.75 Å². The molecule has 0 radical (unpaired) electrons. The van der Waals surface area contributed by atoms with Crippen LogP contribution in [-0.2, 0) is 14.3 Å². The molecule has 1 aliphatic heterocycles. The molecule has 3 aromatic rings. The molecule has 1 aromatic heterocycles. The van der Waals surface area contributed by atoms with Crippen LogP contribution in [0.25, 0.3) is 6.08 Å². The van der Waals surface area contributed by atoms with Gasteiger partial charge in [-0.25, -0.2) is 14.6 Å². The number of fused-ring (bicyclic) bond motifs is 1. The molecular formula is C28H28N2O6S. The molecule has 1 unspecified atom stereocenters. The first-order chi connectivity index (χ1) is 17.9. The summed E-state index contributed by atoms with van der Waals surface area (Å²) in [5.74, 6) is -0.308. The summed E-state index contributed by atoms with van der Waals surface area (Å²) in [6.07, 6.45) is 3.09. The van der Waals surface area contributed by atoms with Gasteiger partial charge in [0, 0.05) is 0 Å². The van der Waals surface area contributed by atoms with Gasteiger partial charge in [0.05, 0.1) is 48.2 Å². The third-order valence-corrected chi connectivity index (χ3v) is 6.91. The lowest BCUT2D eigenvalue weighted by Gasteiger charge is -2.26. The zero-order valence-corrected chi connectivity index (χ0v) is 22.0. The first-order valence-corrected chi connectivity index (χ1v) is 12.8. The molecule has 0 saturated carbocycles. The van der Waals surface area contributed by atoms with E-state index in [1.165, 1.54) is 18.4 Å². The number of hydrogen-bond donors (Lipinski definition) is 0. The van der Waals surface area contributed by atoms with Crippen molar-refractivity contribution in [2.75, 3.05) is 20.8 Å². The lowest BCUT2D eigenvalue weighted by atomic mass is 9.94. The van der Waals surface area contributed by atoms with Crippen LogP contribution in [0, 0.1) is 0 Å². The fraction of sp³-hybridized carbons (Fsp3) is 0.286. The average molecular weight is 521 g/mol. The Morgan fingerprint density at radius 3 is 2.49 bits per heavy atom. The summed E-state index contributed by atoms with van der Waals surface area (Å²) >= 11 is 1.26.